The second-order valence-corrected chi connectivity index (χ2v) is 8.40. The highest BCUT2D eigenvalue weighted by Crippen LogP contribution is 2.24. The molecular formula is C21H26N2O2S. The third-order valence-corrected chi connectivity index (χ3v) is 5.20. The summed E-state index contributed by atoms with van der Waals surface area (Å²) < 4.78 is 17.2. The van der Waals surface area contributed by atoms with E-state index in [0.29, 0.717) is 10.6 Å². The Balaban J connectivity index is 2.28. The summed E-state index contributed by atoms with van der Waals surface area (Å²) in [4.78, 5) is 12.9. The van der Waals surface area contributed by atoms with Crippen LogP contribution in [-0.4, -0.2) is 15.8 Å². The third-order valence-electron chi connectivity index (χ3n) is 4.01. The molecule has 2 aromatic carbocycles. The average molecular weight is 371 g/mol. The van der Waals surface area contributed by atoms with Gasteiger partial charge in [0.05, 0.1) is 16.6 Å². The zero-order chi connectivity index (χ0) is 19.3. The molecule has 0 aliphatic carbocycles. The maximum atomic E-state index is 12.8. The Labute approximate surface area is 158 Å². The fourth-order valence-corrected chi connectivity index (χ4v) is 3.49. The molecule has 0 saturated carbocycles. The van der Waals surface area contributed by atoms with Gasteiger partial charge in [0.1, 0.15) is 0 Å². The summed E-state index contributed by atoms with van der Waals surface area (Å²) in [6.07, 6.45) is 0. The van der Waals surface area contributed by atoms with E-state index in [9.17, 15) is 9.00 Å². The van der Waals surface area contributed by atoms with Gasteiger partial charge in [-0.05, 0) is 31.0 Å². The van der Waals surface area contributed by atoms with E-state index in [1.807, 2.05) is 83.1 Å². The van der Waals surface area contributed by atoms with E-state index in [0.717, 1.165) is 11.1 Å². The van der Waals surface area contributed by atoms with Crippen LogP contribution in [0.5, 0.6) is 0 Å². The van der Waals surface area contributed by atoms with Crippen LogP contribution in [0, 0.1) is 5.41 Å². The van der Waals surface area contributed by atoms with E-state index >= 15 is 0 Å². The van der Waals surface area contributed by atoms with Crippen molar-refractivity contribution in [1.82, 2.24) is 5.32 Å². The molecule has 0 aliphatic heterocycles. The van der Waals surface area contributed by atoms with E-state index < -0.39 is 16.4 Å². The van der Waals surface area contributed by atoms with E-state index in [1.165, 1.54) is 0 Å². The van der Waals surface area contributed by atoms with Crippen LogP contribution in [0.3, 0.4) is 0 Å². The fourth-order valence-electron chi connectivity index (χ4n) is 2.39. The molecule has 26 heavy (non-hydrogen) atoms. The molecular weight excluding hydrogens is 344 g/mol. The van der Waals surface area contributed by atoms with Gasteiger partial charge in [-0.15, -0.1) is 0 Å². The largest absolute Gasteiger partial charge is 0.349 e. The predicted molar refractivity (Wildman–Crippen MR) is 108 cm³/mol. The van der Waals surface area contributed by atoms with Gasteiger partial charge in [0.2, 0.25) is 5.91 Å². The average Bonchev–Trinajstić information content (AvgIpc) is 2.61. The lowest BCUT2D eigenvalue weighted by Gasteiger charge is -2.23. The van der Waals surface area contributed by atoms with Crippen LogP contribution in [0.25, 0.3) is 0 Å². The molecule has 0 saturated heterocycles. The quantitative estimate of drug-likeness (QED) is 0.791. The fraction of sp³-hybridized carbons (Fsp3) is 0.333. The van der Waals surface area contributed by atoms with Gasteiger partial charge in [-0.2, -0.15) is 4.40 Å². The van der Waals surface area contributed by atoms with E-state index in [1.54, 1.807) is 6.07 Å². The molecule has 1 amide bonds. The normalized spacial score (nSPS) is 14.6. The highest BCUT2D eigenvalue weighted by atomic mass is 32.2. The Morgan fingerprint density at radius 3 is 2.23 bits per heavy atom. The molecule has 2 atom stereocenters. The molecule has 5 heteroatoms. The van der Waals surface area contributed by atoms with Crippen molar-refractivity contribution >= 4 is 22.6 Å². The summed E-state index contributed by atoms with van der Waals surface area (Å²) in [6.45, 7) is 9.35. The Morgan fingerprint density at radius 1 is 1.04 bits per heavy atom. The van der Waals surface area contributed by atoms with E-state index in [2.05, 4.69) is 9.71 Å². The first-order chi connectivity index (χ1) is 12.2. The molecule has 0 radical (unpaired) electrons. The van der Waals surface area contributed by atoms with Gasteiger partial charge >= 0.3 is 0 Å². The van der Waals surface area contributed by atoms with Gasteiger partial charge < -0.3 is 5.32 Å². The summed E-state index contributed by atoms with van der Waals surface area (Å²) in [5.41, 5.74) is 1.98. The van der Waals surface area contributed by atoms with Crippen LogP contribution in [-0.2, 0) is 15.8 Å². The number of carbonyl (C=O) groups excluding carboxylic acids is 1. The van der Waals surface area contributed by atoms with Crippen LogP contribution in [0.4, 0.5) is 0 Å². The van der Waals surface area contributed by atoms with Gasteiger partial charge in [0.25, 0.3) is 0 Å². The molecule has 2 rings (SSSR count). The van der Waals surface area contributed by atoms with Crippen molar-refractivity contribution in [2.45, 2.75) is 45.6 Å². The van der Waals surface area contributed by atoms with Crippen molar-refractivity contribution in [3.05, 3.63) is 65.7 Å². The molecule has 0 bridgehead atoms. The van der Waals surface area contributed by atoms with Crippen LogP contribution in [0.15, 0.2) is 63.9 Å². The van der Waals surface area contributed by atoms with Crippen LogP contribution >= 0.6 is 0 Å². The first-order valence-corrected chi connectivity index (χ1v) is 9.73. The molecule has 4 nitrogen and oxygen atoms in total. The van der Waals surface area contributed by atoms with Crippen molar-refractivity contribution in [3.8, 4) is 0 Å². The smallest absolute Gasteiger partial charge is 0.225 e. The molecule has 0 aliphatic rings. The minimum absolute atomic E-state index is 0.0467. The SMILES string of the molecule is C/C(=N\[S@](=O)c1ccccc1[C@@H](C)NC(=O)C(C)(C)C)c1ccccc1. The Bertz CT molecular complexity index is 823. The van der Waals surface area contributed by atoms with E-state index in [4.69, 9.17) is 0 Å². The van der Waals surface area contributed by atoms with Crippen molar-refractivity contribution in [2.75, 3.05) is 0 Å². The highest BCUT2D eigenvalue weighted by molar-refractivity contribution is 7.84. The van der Waals surface area contributed by atoms with Gasteiger partial charge in [-0.3, -0.25) is 4.79 Å². The first kappa shape index (κ1) is 20.0. The second-order valence-electron chi connectivity index (χ2n) is 7.27. The van der Waals surface area contributed by atoms with E-state index in [-0.39, 0.29) is 11.9 Å². The number of carbonyl (C=O) groups is 1. The number of hydrogen-bond donors (Lipinski definition) is 1. The number of nitrogens with zero attached hydrogens (tertiary/aromatic N) is 1. The standard InChI is InChI=1S/C21H26N2O2S/c1-15(17-11-7-6-8-12-17)23-26(25)19-14-10-9-13-18(19)16(2)22-20(24)21(3,4)5/h6-14,16H,1-5H3,(H,22,24)/b23-15+/t16-,26-/m1/s1. The Hall–Kier alpha value is -2.27. The third kappa shape index (κ3) is 5.11. The van der Waals surface area contributed by atoms with Crippen molar-refractivity contribution in [3.63, 3.8) is 0 Å². The summed E-state index contributed by atoms with van der Waals surface area (Å²) in [7, 11) is -1.55. The summed E-state index contributed by atoms with van der Waals surface area (Å²) >= 11 is 0. The van der Waals surface area contributed by atoms with Gasteiger partial charge in [-0.25, -0.2) is 4.21 Å². The molecule has 0 aromatic heterocycles. The number of benzene rings is 2. The second kappa shape index (κ2) is 8.41. The minimum atomic E-state index is -1.55. The molecule has 1 N–H and O–H groups in total. The summed E-state index contributed by atoms with van der Waals surface area (Å²) in [5, 5.41) is 2.99. The maximum Gasteiger partial charge on any atom is 0.225 e. The maximum absolute atomic E-state index is 12.8. The molecule has 0 heterocycles. The Morgan fingerprint density at radius 2 is 1.62 bits per heavy atom. The van der Waals surface area contributed by atoms with Gasteiger partial charge in [-0.1, -0.05) is 69.3 Å². The highest BCUT2D eigenvalue weighted by Gasteiger charge is 2.24. The van der Waals surface area contributed by atoms with Crippen LogP contribution in [0.1, 0.15) is 51.8 Å². The number of nitrogens with one attached hydrogen (secondary N) is 1. The van der Waals surface area contributed by atoms with Crippen LogP contribution < -0.4 is 5.32 Å². The number of hydrogen-bond acceptors (Lipinski definition) is 2. The molecule has 0 unspecified atom stereocenters. The lowest BCUT2D eigenvalue weighted by atomic mass is 9.94. The summed E-state index contributed by atoms with van der Waals surface area (Å²) in [5.74, 6) is -0.0467. The zero-order valence-electron chi connectivity index (χ0n) is 15.9. The molecule has 0 spiro atoms. The first-order valence-electron chi connectivity index (χ1n) is 8.62. The lowest BCUT2D eigenvalue weighted by molar-refractivity contribution is -0.129. The monoisotopic (exact) mass is 370 g/mol. The molecule has 2 aromatic rings. The lowest BCUT2D eigenvalue weighted by Crippen LogP contribution is -2.36. The van der Waals surface area contributed by atoms with Crippen molar-refractivity contribution in [2.24, 2.45) is 9.81 Å². The predicted octanol–water partition coefficient (Wildman–Crippen LogP) is 4.44. The Kier molecular flexibility index (Phi) is 6.48. The minimum Gasteiger partial charge on any atom is -0.349 e. The topological polar surface area (TPSA) is 58.5 Å². The van der Waals surface area contributed by atoms with Gasteiger partial charge in [0, 0.05) is 5.41 Å². The number of rotatable bonds is 5. The summed E-state index contributed by atoms with van der Waals surface area (Å²) in [6, 6.07) is 16.8. The van der Waals surface area contributed by atoms with Crippen LogP contribution in [0.2, 0.25) is 0 Å². The van der Waals surface area contributed by atoms with Gasteiger partial charge in [0.15, 0.2) is 11.0 Å². The zero-order valence-corrected chi connectivity index (χ0v) is 16.8. The number of amides is 1. The molecule has 138 valence electrons. The molecule has 0 fully saturated rings. The van der Waals surface area contributed by atoms with Crippen molar-refractivity contribution < 1.29 is 9.00 Å². The van der Waals surface area contributed by atoms with Crippen molar-refractivity contribution in [1.29, 1.82) is 0 Å².